The van der Waals surface area contributed by atoms with Crippen molar-refractivity contribution in [2.75, 3.05) is 26.3 Å². The zero-order valence-electron chi connectivity index (χ0n) is 16.4. The van der Waals surface area contributed by atoms with Gasteiger partial charge in [-0.3, -0.25) is 4.79 Å². The van der Waals surface area contributed by atoms with Gasteiger partial charge >= 0.3 is 0 Å². The number of ether oxygens (including phenoxy) is 1. The van der Waals surface area contributed by atoms with Crippen LogP contribution in [0.15, 0.2) is 77.4 Å². The van der Waals surface area contributed by atoms with E-state index in [1.54, 1.807) is 15.7 Å². The molecule has 6 heteroatoms. The van der Waals surface area contributed by atoms with Crippen LogP contribution in [0, 0.1) is 0 Å². The summed E-state index contributed by atoms with van der Waals surface area (Å²) >= 11 is 0. The quantitative estimate of drug-likeness (QED) is 0.484. The predicted octanol–water partition coefficient (Wildman–Crippen LogP) is 4.16. The number of hydrogen-bond acceptors (Lipinski definition) is 4. The number of aromatic nitrogens is 2. The van der Waals surface area contributed by atoms with Crippen LogP contribution < -0.4 is 0 Å². The van der Waals surface area contributed by atoms with Gasteiger partial charge in [0.15, 0.2) is 5.76 Å². The van der Waals surface area contributed by atoms with Crippen molar-refractivity contribution in [1.29, 1.82) is 0 Å². The van der Waals surface area contributed by atoms with E-state index < -0.39 is 0 Å². The lowest BCUT2D eigenvalue weighted by Gasteiger charge is -2.25. The normalized spacial score (nSPS) is 14.6. The van der Waals surface area contributed by atoms with E-state index in [2.05, 4.69) is 0 Å². The van der Waals surface area contributed by atoms with E-state index in [1.165, 1.54) is 0 Å². The van der Waals surface area contributed by atoms with E-state index in [4.69, 9.17) is 14.3 Å². The first-order valence-electron chi connectivity index (χ1n) is 9.97. The van der Waals surface area contributed by atoms with E-state index in [-0.39, 0.29) is 5.91 Å². The molecule has 0 aliphatic carbocycles. The Morgan fingerprint density at radius 2 is 1.77 bits per heavy atom. The molecule has 1 saturated heterocycles. The third-order valence-electron chi connectivity index (χ3n) is 5.15. The molecule has 0 atom stereocenters. The number of amides is 1. The van der Waals surface area contributed by atoms with Gasteiger partial charge in [-0.2, -0.15) is 5.10 Å². The standard InChI is InChI=1S/C24H21N3O3/c28-23(26-12-14-29-15-13-26)11-10-19-17-27(20-7-2-1-3-8-20)25-24(19)22-16-18-6-4-5-9-21(18)30-22/h1-11,16-17H,12-15H2. The average molecular weight is 399 g/mol. The van der Waals surface area contributed by atoms with Crippen LogP contribution in [0.1, 0.15) is 5.56 Å². The Bertz CT molecular complexity index is 1170. The first-order valence-corrected chi connectivity index (χ1v) is 9.97. The van der Waals surface area contributed by atoms with Crippen LogP contribution in [0.4, 0.5) is 0 Å². The van der Waals surface area contributed by atoms with E-state index in [9.17, 15) is 4.79 Å². The lowest BCUT2D eigenvalue weighted by molar-refractivity contribution is -0.129. The second kappa shape index (κ2) is 8.00. The van der Waals surface area contributed by atoms with Crippen molar-refractivity contribution in [3.63, 3.8) is 0 Å². The molecule has 5 rings (SSSR count). The maximum Gasteiger partial charge on any atom is 0.246 e. The molecule has 3 heterocycles. The molecule has 2 aromatic carbocycles. The topological polar surface area (TPSA) is 60.5 Å². The average Bonchev–Trinajstić information content (AvgIpc) is 3.43. The van der Waals surface area contributed by atoms with Crippen molar-refractivity contribution in [2.24, 2.45) is 0 Å². The fourth-order valence-corrected chi connectivity index (χ4v) is 3.56. The number of carbonyl (C=O) groups is 1. The Balaban J connectivity index is 1.53. The van der Waals surface area contributed by atoms with Crippen LogP contribution >= 0.6 is 0 Å². The summed E-state index contributed by atoms with van der Waals surface area (Å²) in [5.74, 6) is 0.644. The summed E-state index contributed by atoms with van der Waals surface area (Å²) in [5, 5.41) is 5.78. The van der Waals surface area contributed by atoms with Gasteiger partial charge in [-0.1, -0.05) is 36.4 Å². The Morgan fingerprint density at radius 3 is 2.57 bits per heavy atom. The fraction of sp³-hybridized carbons (Fsp3) is 0.167. The van der Waals surface area contributed by atoms with Gasteiger partial charge in [0.2, 0.25) is 5.91 Å². The molecule has 0 bridgehead atoms. The molecular formula is C24H21N3O3. The number of fused-ring (bicyclic) bond motifs is 1. The molecular weight excluding hydrogens is 378 g/mol. The molecule has 1 amide bonds. The van der Waals surface area contributed by atoms with Gasteiger partial charge in [-0.25, -0.2) is 4.68 Å². The zero-order chi connectivity index (χ0) is 20.3. The molecule has 2 aromatic heterocycles. The Morgan fingerprint density at radius 1 is 1.00 bits per heavy atom. The molecule has 0 N–H and O–H groups in total. The van der Waals surface area contributed by atoms with Gasteiger partial charge in [0.25, 0.3) is 0 Å². The van der Waals surface area contributed by atoms with Crippen molar-refractivity contribution in [3.8, 4) is 17.1 Å². The monoisotopic (exact) mass is 399 g/mol. The molecule has 150 valence electrons. The maximum absolute atomic E-state index is 12.6. The summed E-state index contributed by atoms with van der Waals surface area (Å²) in [6.45, 7) is 2.39. The predicted molar refractivity (Wildman–Crippen MR) is 115 cm³/mol. The van der Waals surface area contributed by atoms with Crippen LogP contribution in [0.2, 0.25) is 0 Å². The molecule has 30 heavy (non-hydrogen) atoms. The number of furan rings is 1. The summed E-state index contributed by atoms with van der Waals surface area (Å²) in [6, 6.07) is 19.7. The van der Waals surface area contributed by atoms with Gasteiger partial charge in [-0.05, 0) is 30.3 Å². The molecule has 1 aliphatic heterocycles. The summed E-state index contributed by atoms with van der Waals surface area (Å²) in [6.07, 6.45) is 5.33. The van der Waals surface area contributed by atoms with Crippen molar-refractivity contribution in [3.05, 3.63) is 78.5 Å². The summed E-state index contributed by atoms with van der Waals surface area (Å²) < 4.78 is 13.2. The van der Waals surface area contributed by atoms with Crippen molar-refractivity contribution in [1.82, 2.24) is 14.7 Å². The SMILES string of the molecule is O=C(C=Cc1cn(-c2ccccc2)nc1-c1cc2ccccc2o1)N1CCOCC1. The van der Waals surface area contributed by atoms with Gasteiger partial charge in [0.1, 0.15) is 11.3 Å². The highest BCUT2D eigenvalue weighted by Crippen LogP contribution is 2.30. The first-order chi connectivity index (χ1) is 14.8. The van der Waals surface area contributed by atoms with Crippen molar-refractivity contribution >= 4 is 23.0 Å². The molecule has 1 aliphatic rings. The van der Waals surface area contributed by atoms with Crippen molar-refractivity contribution in [2.45, 2.75) is 0 Å². The van der Waals surface area contributed by atoms with Crippen LogP contribution in [0.25, 0.3) is 34.2 Å². The largest absolute Gasteiger partial charge is 0.454 e. The van der Waals surface area contributed by atoms with Gasteiger partial charge in [0, 0.05) is 36.3 Å². The zero-order valence-corrected chi connectivity index (χ0v) is 16.4. The Hall–Kier alpha value is -3.64. The molecule has 0 saturated carbocycles. The van der Waals surface area contributed by atoms with Gasteiger partial charge < -0.3 is 14.1 Å². The third-order valence-corrected chi connectivity index (χ3v) is 5.15. The van der Waals surface area contributed by atoms with Gasteiger partial charge in [-0.15, -0.1) is 0 Å². The fourth-order valence-electron chi connectivity index (χ4n) is 3.56. The lowest BCUT2D eigenvalue weighted by Crippen LogP contribution is -2.39. The maximum atomic E-state index is 12.6. The number of morpholine rings is 1. The van der Waals surface area contributed by atoms with Crippen LogP contribution in [-0.2, 0) is 9.53 Å². The van der Waals surface area contributed by atoms with E-state index >= 15 is 0 Å². The Labute approximate surface area is 174 Å². The van der Waals surface area contributed by atoms with E-state index in [1.807, 2.05) is 72.9 Å². The van der Waals surface area contributed by atoms with Crippen LogP contribution in [0.5, 0.6) is 0 Å². The first kappa shape index (κ1) is 18.4. The third kappa shape index (κ3) is 3.65. The molecule has 0 spiro atoms. The molecule has 4 aromatic rings. The summed E-state index contributed by atoms with van der Waals surface area (Å²) in [4.78, 5) is 14.4. The second-order valence-corrected chi connectivity index (χ2v) is 7.13. The van der Waals surface area contributed by atoms with E-state index in [0.717, 1.165) is 22.2 Å². The highest BCUT2D eigenvalue weighted by atomic mass is 16.5. The van der Waals surface area contributed by atoms with Crippen LogP contribution in [0.3, 0.4) is 0 Å². The smallest absolute Gasteiger partial charge is 0.246 e. The lowest BCUT2D eigenvalue weighted by atomic mass is 10.1. The Kier molecular flexibility index (Phi) is 4.91. The number of rotatable bonds is 4. The summed E-state index contributed by atoms with van der Waals surface area (Å²) in [5.41, 5.74) is 3.26. The van der Waals surface area contributed by atoms with E-state index in [0.29, 0.717) is 37.8 Å². The minimum atomic E-state index is -0.0266. The number of hydrogen-bond donors (Lipinski definition) is 0. The highest BCUT2D eigenvalue weighted by Gasteiger charge is 2.17. The number of carbonyl (C=O) groups excluding carboxylic acids is 1. The van der Waals surface area contributed by atoms with Crippen LogP contribution in [-0.4, -0.2) is 46.9 Å². The number of benzene rings is 2. The number of para-hydroxylation sites is 2. The minimum Gasteiger partial charge on any atom is -0.454 e. The minimum absolute atomic E-state index is 0.0266. The molecule has 6 nitrogen and oxygen atoms in total. The van der Waals surface area contributed by atoms with Crippen molar-refractivity contribution < 1.29 is 13.9 Å². The molecule has 0 unspecified atom stereocenters. The molecule has 0 radical (unpaired) electrons. The second-order valence-electron chi connectivity index (χ2n) is 7.13. The highest BCUT2D eigenvalue weighted by molar-refractivity contribution is 5.93. The number of nitrogens with zero attached hydrogens (tertiary/aromatic N) is 3. The molecule has 1 fully saturated rings. The van der Waals surface area contributed by atoms with Gasteiger partial charge in [0.05, 0.1) is 18.9 Å². The summed E-state index contributed by atoms with van der Waals surface area (Å²) in [7, 11) is 0.